The van der Waals surface area contributed by atoms with E-state index >= 15 is 0 Å². The van der Waals surface area contributed by atoms with Crippen molar-refractivity contribution in [2.45, 2.75) is 43.7 Å². The Labute approximate surface area is 104 Å². The Morgan fingerprint density at radius 2 is 1.71 bits per heavy atom. The first-order valence-electron chi connectivity index (χ1n) is 6.89. The summed E-state index contributed by atoms with van der Waals surface area (Å²) in [5, 5.41) is 0. The molecule has 2 N–H and O–H groups in total. The molecule has 0 bridgehead atoms. The maximum absolute atomic E-state index is 5.92. The molecule has 92 valence electrons. The number of benzene rings is 1. The van der Waals surface area contributed by atoms with Crippen LogP contribution in [-0.4, -0.2) is 30.1 Å². The third-order valence-corrected chi connectivity index (χ3v) is 4.36. The SMILES string of the molecule is NC1CN(C2CCCCC2c2ccccc2)C1. The smallest absolute Gasteiger partial charge is 0.0297 e. The number of hydrogen-bond acceptors (Lipinski definition) is 2. The van der Waals surface area contributed by atoms with Gasteiger partial charge in [0.25, 0.3) is 0 Å². The van der Waals surface area contributed by atoms with Gasteiger partial charge < -0.3 is 5.73 Å². The van der Waals surface area contributed by atoms with E-state index in [1.807, 2.05) is 0 Å². The van der Waals surface area contributed by atoms with Crippen LogP contribution in [0.4, 0.5) is 0 Å². The lowest BCUT2D eigenvalue weighted by Gasteiger charge is -2.47. The first-order chi connectivity index (χ1) is 8.34. The molecule has 0 aromatic heterocycles. The molecular formula is C15H22N2. The molecule has 0 spiro atoms. The monoisotopic (exact) mass is 230 g/mol. The minimum Gasteiger partial charge on any atom is -0.325 e. The summed E-state index contributed by atoms with van der Waals surface area (Å²) < 4.78 is 0. The Kier molecular flexibility index (Phi) is 3.17. The molecule has 1 saturated heterocycles. The van der Waals surface area contributed by atoms with Crippen LogP contribution in [0.15, 0.2) is 30.3 Å². The van der Waals surface area contributed by atoms with Gasteiger partial charge in [-0.1, -0.05) is 43.2 Å². The molecule has 0 radical (unpaired) electrons. The van der Waals surface area contributed by atoms with Crippen LogP contribution >= 0.6 is 0 Å². The van der Waals surface area contributed by atoms with Crippen LogP contribution in [0.5, 0.6) is 0 Å². The molecule has 2 nitrogen and oxygen atoms in total. The minimum absolute atomic E-state index is 0.424. The highest BCUT2D eigenvalue weighted by Crippen LogP contribution is 2.37. The second-order valence-electron chi connectivity index (χ2n) is 5.58. The lowest BCUT2D eigenvalue weighted by Crippen LogP contribution is -2.60. The molecule has 1 aromatic carbocycles. The van der Waals surface area contributed by atoms with Gasteiger partial charge in [-0.2, -0.15) is 0 Å². The highest BCUT2D eigenvalue weighted by molar-refractivity contribution is 5.22. The van der Waals surface area contributed by atoms with Crippen molar-refractivity contribution in [2.24, 2.45) is 5.73 Å². The lowest BCUT2D eigenvalue weighted by molar-refractivity contribution is 0.0581. The third kappa shape index (κ3) is 2.24. The zero-order valence-corrected chi connectivity index (χ0v) is 10.4. The summed E-state index contributed by atoms with van der Waals surface area (Å²) >= 11 is 0. The van der Waals surface area contributed by atoms with E-state index < -0.39 is 0 Å². The minimum atomic E-state index is 0.424. The fourth-order valence-electron chi connectivity index (χ4n) is 3.46. The average Bonchev–Trinajstić information content (AvgIpc) is 2.36. The molecule has 3 rings (SSSR count). The lowest BCUT2D eigenvalue weighted by atomic mass is 9.78. The molecule has 2 aliphatic rings. The van der Waals surface area contributed by atoms with Gasteiger partial charge in [-0.15, -0.1) is 0 Å². The van der Waals surface area contributed by atoms with Gasteiger partial charge in [0.1, 0.15) is 0 Å². The van der Waals surface area contributed by atoms with Crippen LogP contribution in [0, 0.1) is 0 Å². The van der Waals surface area contributed by atoms with E-state index in [2.05, 4.69) is 35.2 Å². The molecule has 1 saturated carbocycles. The molecule has 1 aliphatic heterocycles. The van der Waals surface area contributed by atoms with Crippen LogP contribution in [0.3, 0.4) is 0 Å². The maximum Gasteiger partial charge on any atom is 0.0297 e. The summed E-state index contributed by atoms with van der Waals surface area (Å²) in [5.41, 5.74) is 7.44. The molecule has 1 heterocycles. The van der Waals surface area contributed by atoms with Crippen molar-refractivity contribution >= 4 is 0 Å². The van der Waals surface area contributed by atoms with Crippen LogP contribution in [0.1, 0.15) is 37.2 Å². The van der Waals surface area contributed by atoms with Gasteiger partial charge in [-0.3, -0.25) is 4.90 Å². The fourth-order valence-corrected chi connectivity index (χ4v) is 3.46. The molecule has 0 amide bonds. The highest BCUT2D eigenvalue weighted by Gasteiger charge is 2.36. The first kappa shape index (κ1) is 11.2. The molecule has 2 unspecified atom stereocenters. The Bertz CT molecular complexity index is 356. The van der Waals surface area contributed by atoms with Crippen molar-refractivity contribution in [1.29, 1.82) is 0 Å². The van der Waals surface area contributed by atoms with Gasteiger partial charge in [-0.05, 0) is 24.3 Å². The summed E-state index contributed by atoms with van der Waals surface area (Å²) in [4.78, 5) is 2.60. The number of hydrogen-bond donors (Lipinski definition) is 1. The predicted octanol–water partition coefficient (Wildman–Crippen LogP) is 2.36. The van der Waals surface area contributed by atoms with Crippen molar-refractivity contribution in [2.75, 3.05) is 13.1 Å². The van der Waals surface area contributed by atoms with E-state index in [0.29, 0.717) is 6.04 Å². The van der Waals surface area contributed by atoms with Crippen LogP contribution < -0.4 is 5.73 Å². The zero-order valence-electron chi connectivity index (χ0n) is 10.4. The van der Waals surface area contributed by atoms with Crippen LogP contribution in [-0.2, 0) is 0 Å². The Hall–Kier alpha value is -0.860. The number of likely N-dealkylation sites (tertiary alicyclic amines) is 1. The number of rotatable bonds is 2. The van der Waals surface area contributed by atoms with Gasteiger partial charge in [0.2, 0.25) is 0 Å². The Morgan fingerprint density at radius 3 is 2.41 bits per heavy atom. The molecule has 2 fully saturated rings. The maximum atomic E-state index is 5.92. The largest absolute Gasteiger partial charge is 0.325 e. The normalized spacial score (nSPS) is 31.1. The van der Waals surface area contributed by atoms with Gasteiger partial charge in [0.15, 0.2) is 0 Å². The third-order valence-electron chi connectivity index (χ3n) is 4.36. The first-order valence-corrected chi connectivity index (χ1v) is 6.89. The molecule has 2 heteroatoms. The number of nitrogens with two attached hydrogens (primary N) is 1. The van der Waals surface area contributed by atoms with Gasteiger partial charge in [-0.25, -0.2) is 0 Å². The van der Waals surface area contributed by atoms with Crippen LogP contribution in [0.2, 0.25) is 0 Å². The molecule has 1 aliphatic carbocycles. The number of nitrogens with zero attached hydrogens (tertiary/aromatic N) is 1. The molecule has 17 heavy (non-hydrogen) atoms. The summed E-state index contributed by atoms with van der Waals surface area (Å²) in [5.74, 6) is 0.734. The molecule has 1 aromatic rings. The molecular weight excluding hydrogens is 208 g/mol. The summed E-state index contributed by atoms with van der Waals surface area (Å²) in [6.45, 7) is 2.21. The molecule has 2 atom stereocenters. The summed E-state index contributed by atoms with van der Waals surface area (Å²) in [7, 11) is 0. The second kappa shape index (κ2) is 4.79. The van der Waals surface area contributed by atoms with Gasteiger partial charge in [0, 0.05) is 25.2 Å². The van der Waals surface area contributed by atoms with E-state index in [1.165, 1.54) is 31.2 Å². The fraction of sp³-hybridized carbons (Fsp3) is 0.600. The van der Waals surface area contributed by atoms with E-state index in [-0.39, 0.29) is 0 Å². The van der Waals surface area contributed by atoms with Crippen molar-refractivity contribution in [1.82, 2.24) is 4.90 Å². The van der Waals surface area contributed by atoms with Gasteiger partial charge >= 0.3 is 0 Å². The summed E-state index contributed by atoms with van der Waals surface area (Å²) in [6, 6.07) is 12.2. The van der Waals surface area contributed by atoms with Crippen LogP contribution in [0.25, 0.3) is 0 Å². The predicted molar refractivity (Wildman–Crippen MR) is 71.0 cm³/mol. The second-order valence-corrected chi connectivity index (χ2v) is 5.58. The van der Waals surface area contributed by atoms with Crippen molar-refractivity contribution in [3.8, 4) is 0 Å². The Morgan fingerprint density at radius 1 is 1.00 bits per heavy atom. The van der Waals surface area contributed by atoms with Crippen molar-refractivity contribution < 1.29 is 0 Å². The van der Waals surface area contributed by atoms with Crippen molar-refractivity contribution in [3.05, 3.63) is 35.9 Å². The average molecular weight is 230 g/mol. The van der Waals surface area contributed by atoms with Crippen molar-refractivity contribution in [3.63, 3.8) is 0 Å². The zero-order chi connectivity index (χ0) is 11.7. The quantitative estimate of drug-likeness (QED) is 0.845. The van der Waals surface area contributed by atoms with E-state index in [9.17, 15) is 0 Å². The van der Waals surface area contributed by atoms with E-state index in [4.69, 9.17) is 5.73 Å². The standard InChI is InChI=1S/C15H22N2/c16-13-10-17(11-13)15-9-5-4-8-14(15)12-6-2-1-3-7-12/h1-3,6-7,13-15H,4-5,8-11,16H2. The Balaban J connectivity index is 1.76. The van der Waals surface area contributed by atoms with E-state index in [0.717, 1.165) is 25.0 Å². The topological polar surface area (TPSA) is 29.3 Å². The highest BCUT2D eigenvalue weighted by atomic mass is 15.2. The van der Waals surface area contributed by atoms with E-state index in [1.54, 1.807) is 0 Å². The summed E-state index contributed by atoms with van der Waals surface area (Å²) in [6.07, 6.45) is 5.47. The van der Waals surface area contributed by atoms with Gasteiger partial charge in [0.05, 0.1) is 0 Å².